The number of nitrogens with zero attached hydrogens (tertiary/aromatic N) is 1. The molecule has 2 rings (SSSR count). The smallest absolute Gasteiger partial charge is 0.0670 e. The molecule has 1 aliphatic heterocycles. The fourth-order valence-corrected chi connectivity index (χ4v) is 2.71. The molecule has 0 aromatic heterocycles. The van der Waals surface area contributed by atoms with Crippen molar-refractivity contribution in [2.45, 2.75) is 39.8 Å². The van der Waals surface area contributed by atoms with Crippen LogP contribution in [0.4, 0.5) is 5.69 Å². The third-order valence-electron chi connectivity index (χ3n) is 3.81. The minimum absolute atomic E-state index is 0.511. The molecule has 1 saturated heterocycles. The summed E-state index contributed by atoms with van der Waals surface area (Å²) in [6, 6.07) is 7.31. The van der Waals surface area contributed by atoms with E-state index in [9.17, 15) is 0 Å². The Morgan fingerprint density at radius 2 is 2.21 bits per heavy atom. The maximum atomic E-state index is 5.61. The SMILES string of the molecule is CCNCc1cc(C)ccc1N1CCOCC1CC. The van der Waals surface area contributed by atoms with Gasteiger partial charge in [-0.3, -0.25) is 0 Å². The molecule has 1 heterocycles. The van der Waals surface area contributed by atoms with Gasteiger partial charge in [0.2, 0.25) is 0 Å². The zero-order valence-corrected chi connectivity index (χ0v) is 12.4. The van der Waals surface area contributed by atoms with E-state index in [1.807, 2.05) is 0 Å². The predicted molar refractivity (Wildman–Crippen MR) is 80.8 cm³/mol. The molecule has 1 fully saturated rings. The van der Waals surface area contributed by atoms with Crippen molar-refractivity contribution in [2.75, 3.05) is 31.2 Å². The third kappa shape index (κ3) is 3.48. The molecule has 3 nitrogen and oxygen atoms in total. The van der Waals surface area contributed by atoms with Gasteiger partial charge in [-0.2, -0.15) is 0 Å². The first kappa shape index (κ1) is 14.4. The number of ether oxygens (including phenoxy) is 1. The molecule has 0 bridgehead atoms. The van der Waals surface area contributed by atoms with E-state index in [0.29, 0.717) is 6.04 Å². The van der Waals surface area contributed by atoms with E-state index < -0.39 is 0 Å². The van der Waals surface area contributed by atoms with Gasteiger partial charge >= 0.3 is 0 Å². The molecule has 0 radical (unpaired) electrons. The van der Waals surface area contributed by atoms with Gasteiger partial charge in [0.15, 0.2) is 0 Å². The largest absolute Gasteiger partial charge is 0.377 e. The Bertz CT molecular complexity index is 406. The lowest BCUT2D eigenvalue weighted by molar-refractivity contribution is 0.0929. The van der Waals surface area contributed by atoms with Crippen LogP contribution in [0.5, 0.6) is 0 Å². The van der Waals surface area contributed by atoms with Crippen LogP contribution < -0.4 is 10.2 Å². The second kappa shape index (κ2) is 6.92. The van der Waals surface area contributed by atoms with E-state index >= 15 is 0 Å². The fourth-order valence-electron chi connectivity index (χ4n) is 2.71. The monoisotopic (exact) mass is 262 g/mol. The topological polar surface area (TPSA) is 24.5 Å². The van der Waals surface area contributed by atoms with Crippen LogP contribution >= 0.6 is 0 Å². The highest BCUT2D eigenvalue weighted by Gasteiger charge is 2.23. The Labute approximate surface area is 116 Å². The molecule has 106 valence electrons. The van der Waals surface area contributed by atoms with Gasteiger partial charge in [-0.05, 0) is 31.5 Å². The number of nitrogens with one attached hydrogen (secondary N) is 1. The summed E-state index contributed by atoms with van der Waals surface area (Å²) >= 11 is 0. The number of aryl methyl sites for hydroxylation is 1. The number of morpholine rings is 1. The van der Waals surface area contributed by atoms with Crippen LogP contribution in [0.25, 0.3) is 0 Å². The normalized spacial score (nSPS) is 19.7. The van der Waals surface area contributed by atoms with Crippen molar-refractivity contribution in [1.29, 1.82) is 0 Å². The predicted octanol–water partition coefficient (Wildman–Crippen LogP) is 2.72. The van der Waals surface area contributed by atoms with E-state index in [2.05, 4.69) is 49.2 Å². The number of hydrogen-bond donors (Lipinski definition) is 1. The van der Waals surface area contributed by atoms with Crippen molar-refractivity contribution >= 4 is 5.69 Å². The first-order valence-electron chi connectivity index (χ1n) is 7.40. The molecule has 1 N–H and O–H groups in total. The summed E-state index contributed by atoms with van der Waals surface area (Å²) < 4.78 is 5.61. The van der Waals surface area contributed by atoms with Crippen LogP contribution in [0.15, 0.2) is 18.2 Å². The zero-order valence-electron chi connectivity index (χ0n) is 12.4. The summed E-state index contributed by atoms with van der Waals surface area (Å²) in [6.07, 6.45) is 1.13. The lowest BCUT2D eigenvalue weighted by atomic mass is 10.0. The fraction of sp³-hybridized carbons (Fsp3) is 0.625. The van der Waals surface area contributed by atoms with Gasteiger partial charge in [-0.1, -0.05) is 31.5 Å². The van der Waals surface area contributed by atoms with E-state index in [4.69, 9.17) is 4.74 Å². The summed E-state index contributed by atoms with van der Waals surface area (Å²) in [5.74, 6) is 0. The molecule has 0 amide bonds. The summed E-state index contributed by atoms with van der Waals surface area (Å²) in [5, 5.41) is 3.45. The van der Waals surface area contributed by atoms with E-state index in [1.165, 1.54) is 16.8 Å². The van der Waals surface area contributed by atoms with E-state index in [-0.39, 0.29) is 0 Å². The number of anilines is 1. The van der Waals surface area contributed by atoms with Crippen molar-refractivity contribution in [1.82, 2.24) is 5.32 Å². The Morgan fingerprint density at radius 1 is 1.37 bits per heavy atom. The summed E-state index contributed by atoms with van der Waals surface area (Å²) in [7, 11) is 0. The van der Waals surface area contributed by atoms with Gasteiger partial charge in [0.1, 0.15) is 0 Å². The second-order valence-corrected chi connectivity index (χ2v) is 5.24. The molecule has 1 aromatic rings. The van der Waals surface area contributed by atoms with Crippen molar-refractivity contribution in [3.63, 3.8) is 0 Å². The van der Waals surface area contributed by atoms with Gasteiger partial charge in [0, 0.05) is 18.8 Å². The molecule has 1 atom stereocenters. The standard InChI is InChI=1S/C16H26N2O/c1-4-15-12-19-9-8-18(15)16-7-6-13(3)10-14(16)11-17-5-2/h6-7,10,15,17H,4-5,8-9,11-12H2,1-3H3. The van der Waals surface area contributed by atoms with Gasteiger partial charge in [0.05, 0.1) is 19.3 Å². The van der Waals surface area contributed by atoms with Crippen molar-refractivity contribution < 1.29 is 4.74 Å². The maximum absolute atomic E-state index is 5.61. The zero-order chi connectivity index (χ0) is 13.7. The maximum Gasteiger partial charge on any atom is 0.0670 e. The minimum atomic E-state index is 0.511. The van der Waals surface area contributed by atoms with Crippen molar-refractivity contribution in [3.8, 4) is 0 Å². The van der Waals surface area contributed by atoms with Crippen LogP contribution in [0.2, 0.25) is 0 Å². The second-order valence-electron chi connectivity index (χ2n) is 5.24. The van der Waals surface area contributed by atoms with Gasteiger partial charge in [-0.25, -0.2) is 0 Å². The first-order valence-corrected chi connectivity index (χ1v) is 7.40. The highest BCUT2D eigenvalue weighted by atomic mass is 16.5. The molecule has 0 spiro atoms. The highest BCUT2D eigenvalue weighted by Crippen LogP contribution is 2.26. The Kier molecular flexibility index (Phi) is 5.23. The highest BCUT2D eigenvalue weighted by molar-refractivity contribution is 5.56. The lowest BCUT2D eigenvalue weighted by Crippen LogP contribution is -2.45. The number of hydrogen-bond acceptors (Lipinski definition) is 3. The summed E-state index contributed by atoms with van der Waals surface area (Å²) in [6.45, 7) is 11.2. The Morgan fingerprint density at radius 3 is 2.95 bits per heavy atom. The molecule has 1 aliphatic rings. The van der Waals surface area contributed by atoms with Crippen molar-refractivity contribution in [3.05, 3.63) is 29.3 Å². The quantitative estimate of drug-likeness (QED) is 0.883. The molecule has 1 unspecified atom stereocenters. The Balaban J connectivity index is 2.25. The van der Waals surface area contributed by atoms with Gasteiger partial charge < -0.3 is 15.0 Å². The van der Waals surface area contributed by atoms with Gasteiger partial charge in [-0.15, -0.1) is 0 Å². The average Bonchev–Trinajstić information content (AvgIpc) is 2.45. The minimum Gasteiger partial charge on any atom is -0.377 e. The molecule has 19 heavy (non-hydrogen) atoms. The molecule has 0 saturated carbocycles. The van der Waals surface area contributed by atoms with Crippen LogP contribution in [-0.4, -0.2) is 32.3 Å². The molecule has 1 aromatic carbocycles. The van der Waals surface area contributed by atoms with Crippen LogP contribution in [-0.2, 0) is 11.3 Å². The van der Waals surface area contributed by atoms with E-state index in [1.54, 1.807) is 0 Å². The first-order chi connectivity index (χ1) is 9.26. The number of benzene rings is 1. The number of rotatable bonds is 5. The summed E-state index contributed by atoms with van der Waals surface area (Å²) in [4.78, 5) is 2.52. The molecule has 0 aliphatic carbocycles. The van der Waals surface area contributed by atoms with Crippen LogP contribution in [0.1, 0.15) is 31.4 Å². The van der Waals surface area contributed by atoms with Gasteiger partial charge in [0.25, 0.3) is 0 Å². The van der Waals surface area contributed by atoms with Crippen molar-refractivity contribution in [2.24, 2.45) is 0 Å². The average molecular weight is 262 g/mol. The third-order valence-corrected chi connectivity index (χ3v) is 3.81. The lowest BCUT2D eigenvalue weighted by Gasteiger charge is -2.38. The Hall–Kier alpha value is -1.06. The van der Waals surface area contributed by atoms with Crippen LogP contribution in [0.3, 0.4) is 0 Å². The molecular formula is C16H26N2O. The molecular weight excluding hydrogens is 236 g/mol. The van der Waals surface area contributed by atoms with E-state index in [0.717, 1.165) is 39.3 Å². The molecule has 3 heteroatoms. The summed E-state index contributed by atoms with van der Waals surface area (Å²) in [5.41, 5.74) is 4.11. The van der Waals surface area contributed by atoms with Crippen LogP contribution in [0, 0.1) is 6.92 Å².